The monoisotopic (exact) mass is 389 g/mol. The van der Waals surface area contributed by atoms with Gasteiger partial charge in [0.25, 0.3) is 0 Å². The van der Waals surface area contributed by atoms with E-state index < -0.39 is 6.09 Å². The van der Waals surface area contributed by atoms with Crippen molar-refractivity contribution in [3.63, 3.8) is 0 Å². The van der Waals surface area contributed by atoms with Gasteiger partial charge in [0.1, 0.15) is 5.75 Å². The lowest BCUT2D eigenvalue weighted by atomic mass is 10.2. The van der Waals surface area contributed by atoms with Crippen LogP contribution in [0.2, 0.25) is 0 Å². The zero-order chi connectivity index (χ0) is 19.3. The molecule has 1 N–H and O–H groups in total. The molecule has 4 rings (SSSR count). The summed E-state index contributed by atoms with van der Waals surface area (Å²) in [6.45, 7) is 7.73. The highest BCUT2D eigenvalue weighted by molar-refractivity contribution is 5.73. The molecule has 0 unspecified atom stereocenters. The zero-order valence-corrected chi connectivity index (χ0v) is 16.0. The minimum atomic E-state index is -0.852. The van der Waals surface area contributed by atoms with Crippen LogP contribution in [0.25, 0.3) is 5.52 Å². The van der Waals surface area contributed by atoms with Crippen molar-refractivity contribution in [3.05, 3.63) is 24.5 Å². The Kier molecular flexibility index (Phi) is 5.82. The summed E-state index contributed by atoms with van der Waals surface area (Å²) in [5.74, 6) is 0.805. The second-order valence-corrected chi connectivity index (χ2v) is 7.14. The molecule has 0 aromatic carbocycles. The summed E-state index contributed by atoms with van der Waals surface area (Å²) >= 11 is 0. The number of carbonyl (C=O) groups is 1. The number of nitrogens with zero attached hydrogens (tertiary/aromatic N) is 5. The minimum Gasteiger partial charge on any atom is -0.492 e. The maximum absolute atomic E-state index is 11.1. The van der Waals surface area contributed by atoms with E-state index in [1.807, 2.05) is 29.0 Å². The fraction of sp³-hybridized carbons (Fsp3) is 0.579. The summed E-state index contributed by atoms with van der Waals surface area (Å²) in [6.07, 6.45) is 3.88. The van der Waals surface area contributed by atoms with Gasteiger partial charge in [-0.25, -0.2) is 9.31 Å². The number of amides is 1. The van der Waals surface area contributed by atoms with Crippen LogP contribution in [0.4, 0.5) is 10.5 Å². The molecule has 2 saturated heterocycles. The van der Waals surface area contributed by atoms with E-state index >= 15 is 0 Å². The third-order valence-corrected chi connectivity index (χ3v) is 5.35. The molecule has 1 amide bonds. The second-order valence-electron chi connectivity index (χ2n) is 7.14. The van der Waals surface area contributed by atoms with E-state index in [1.54, 1.807) is 0 Å². The van der Waals surface area contributed by atoms with Crippen LogP contribution in [0.3, 0.4) is 0 Å². The van der Waals surface area contributed by atoms with E-state index in [4.69, 9.17) is 14.6 Å². The van der Waals surface area contributed by atoms with E-state index in [1.165, 1.54) is 4.90 Å². The van der Waals surface area contributed by atoms with Gasteiger partial charge in [0, 0.05) is 45.8 Å². The first-order valence-electron chi connectivity index (χ1n) is 9.84. The zero-order valence-electron chi connectivity index (χ0n) is 16.0. The van der Waals surface area contributed by atoms with Gasteiger partial charge in [0.05, 0.1) is 43.4 Å². The summed E-state index contributed by atoms with van der Waals surface area (Å²) in [4.78, 5) is 17.1. The Hall–Kier alpha value is -2.52. The first-order valence-corrected chi connectivity index (χ1v) is 9.84. The van der Waals surface area contributed by atoms with Crippen molar-refractivity contribution >= 4 is 17.3 Å². The summed E-state index contributed by atoms with van der Waals surface area (Å²) in [5, 5.41) is 13.5. The van der Waals surface area contributed by atoms with Crippen LogP contribution in [-0.4, -0.2) is 96.2 Å². The highest BCUT2D eigenvalue weighted by atomic mass is 16.5. The van der Waals surface area contributed by atoms with Gasteiger partial charge in [-0.2, -0.15) is 5.10 Å². The van der Waals surface area contributed by atoms with E-state index in [-0.39, 0.29) is 0 Å². The van der Waals surface area contributed by atoms with Crippen molar-refractivity contribution in [2.75, 3.05) is 70.5 Å². The number of hydrogen-bond acceptors (Lipinski definition) is 6. The Labute approximate surface area is 164 Å². The minimum absolute atomic E-state index is 0.511. The summed E-state index contributed by atoms with van der Waals surface area (Å²) < 4.78 is 13.1. The fourth-order valence-corrected chi connectivity index (χ4v) is 3.72. The third kappa shape index (κ3) is 4.31. The van der Waals surface area contributed by atoms with Crippen LogP contribution in [-0.2, 0) is 4.74 Å². The van der Waals surface area contributed by atoms with Crippen molar-refractivity contribution in [3.8, 4) is 5.75 Å². The standard InChI is InChI=1S/C19H27N5O4/c25-19(26)23-7-5-22(6-8-23)18-14-20-24-15-16(2-3-17(18)24)28-11-1-4-21-9-12-27-13-10-21/h2-3,14-15H,1,4-13H2,(H,25,26). The number of ether oxygens (including phenoxy) is 2. The number of fused-ring (bicyclic) bond motifs is 1. The van der Waals surface area contributed by atoms with Crippen LogP contribution < -0.4 is 9.64 Å². The average Bonchev–Trinajstić information content (AvgIpc) is 3.15. The number of hydrogen-bond donors (Lipinski definition) is 1. The number of carboxylic acid groups (broad SMARTS) is 1. The summed E-state index contributed by atoms with van der Waals surface area (Å²) in [5.41, 5.74) is 2.04. The predicted octanol–water partition coefficient (Wildman–Crippen LogP) is 1.24. The first-order chi connectivity index (χ1) is 13.7. The molecule has 9 nitrogen and oxygen atoms in total. The molecule has 4 heterocycles. The molecule has 0 saturated carbocycles. The molecule has 0 aliphatic carbocycles. The van der Waals surface area contributed by atoms with Gasteiger partial charge in [0.2, 0.25) is 0 Å². The van der Waals surface area contributed by atoms with Gasteiger partial charge in [-0.15, -0.1) is 0 Å². The number of piperazine rings is 1. The van der Waals surface area contributed by atoms with Gasteiger partial charge in [0.15, 0.2) is 0 Å². The normalized spacial score (nSPS) is 18.6. The Bertz CT molecular complexity index is 797. The topological polar surface area (TPSA) is 82.8 Å². The van der Waals surface area contributed by atoms with Gasteiger partial charge >= 0.3 is 6.09 Å². The largest absolute Gasteiger partial charge is 0.492 e. The highest BCUT2D eigenvalue weighted by Crippen LogP contribution is 2.25. The van der Waals surface area contributed by atoms with E-state index in [9.17, 15) is 4.79 Å². The summed E-state index contributed by atoms with van der Waals surface area (Å²) in [7, 11) is 0. The average molecular weight is 389 g/mol. The van der Waals surface area contributed by atoms with Crippen LogP contribution in [0.15, 0.2) is 24.5 Å². The Morgan fingerprint density at radius 3 is 2.68 bits per heavy atom. The molecule has 0 radical (unpaired) electrons. The highest BCUT2D eigenvalue weighted by Gasteiger charge is 2.22. The SMILES string of the molecule is O=C(O)N1CCN(c2cnn3cc(OCCCN4CCOCC4)ccc23)CC1. The van der Waals surface area contributed by atoms with Crippen molar-refractivity contribution < 1.29 is 19.4 Å². The fourth-order valence-electron chi connectivity index (χ4n) is 3.72. The smallest absolute Gasteiger partial charge is 0.407 e. The van der Waals surface area contributed by atoms with Gasteiger partial charge in [-0.1, -0.05) is 0 Å². The van der Waals surface area contributed by atoms with Crippen molar-refractivity contribution in [2.45, 2.75) is 6.42 Å². The van der Waals surface area contributed by atoms with E-state index in [0.717, 1.165) is 56.2 Å². The predicted molar refractivity (Wildman–Crippen MR) is 104 cm³/mol. The Morgan fingerprint density at radius 2 is 1.93 bits per heavy atom. The molecule has 2 fully saturated rings. The third-order valence-electron chi connectivity index (χ3n) is 5.35. The number of aromatic nitrogens is 2. The Balaban J connectivity index is 1.31. The molecular weight excluding hydrogens is 362 g/mol. The number of anilines is 1. The molecule has 9 heteroatoms. The number of morpholine rings is 1. The lowest BCUT2D eigenvalue weighted by molar-refractivity contribution is 0.0358. The quantitative estimate of drug-likeness (QED) is 0.744. The molecule has 0 bridgehead atoms. The first kappa shape index (κ1) is 18.8. The molecule has 152 valence electrons. The maximum Gasteiger partial charge on any atom is 0.407 e. The van der Waals surface area contributed by atoms with Crippen molar-refractivity contribution in [1.82, 2.24) is 19.4 Å². The molecule has 2 aliphatic rings. The van der Waals surface area contributed by atoms with Crippen LogP contribution in [0, 0.1) is 0 Å². The molecule has 0 atom stereocenters. The lowest BCUT2D eigenvalue weighted by Crippen LogP contribution is -2.48. The molecule has 2 aromatic rings. The number of pyridine rings is 1. The lowest BCUT2D eigenvalue weighted by Gasteiger charge is -2.33. The number of rotatable bonds is 6. The van der Waals surface area contributed by atoms with Gasteiger partial charge in [-0.05, 0) is 18.6 Å². The van der Waals surface area contributed by atoms with Crippen molar-refractivity contribution in [1.29, 1.82) is 0 Å². The van der Waals surface area contributed by atoms with Gasteiger partial charge < -0.3 is 24.4 Å². The van der Waals surface area contributed by atoms with Gasteiger partial charge in [-0.3, -0.25) is 4.90 Å². The second kappa shape index (κ2) is 8.66. The van der Waals surface area contributed by atoms with Crippen molar-refractivity contribution in [2.24, 2.45) is 0 Å². The molecule has 2 aliphatic heterocycles. The molecule has 2 aromatic heterocycles. The Morgan fingerprint density at radius 1 is 1.14 bits per heavy atom. The van der Waals surface area contributed by atoms with Crippen LogP contribution >= 0.6 is 0 Å². The molecular formula is C19H27N5O4. The van der Waals surface area contributed by atoms with E-state index in [0.29, 0.717) is 32.8 Å². The maximum atomic E-state index is 11.1. The van der Waals surface area contributed by atoms with E-state index in [2.05, 4.69) is 14.9 Å². The summed E-state index contributed by atoms with van der Waals surface area (Å²) in [6, 6.07) is 3.99. The molecule has 0 spiro atoms. The van der Waals surface area contributed by atoms with Crippen LogP contribution in [0.5, 0.6) is 5.75 Å². The molecule has 28 heavy (non-hydrogen) atoms. The van der Waals surface area contributed by atoms with Crippen LogP contribution in [0.1, 0.15) is 6.42 Å².